The number of hydrogen-bond donors (Lipinski definition) is 2. The Morgan fingerprint density at radius 2 is 1.88 bits per heavy atom. The van der Waals surface area contributed by atoms with Crippen LogP contribution in [0.5, 0.6) is 0 Å². The maximum absolute atomic E-state index is 11.2. The summed E-state index contributed by atoms with van der Waals surface area (Å²) in [6.45, 7) is 1.38. The van der Waals surface area contributed by atoms with E-state index in [2.05, 4.69) is 15.9 Å². The van der Waals surface area contributed by atoms with E-state index in [0.717, 1.165) is 0 Å². The van der Waals surface area contributed by atoms with Crippen LogP contribution in [0.25, 0.3) is 0 Å². The average Bonchev–Trinajstić information content (AvgIpc) is 2.27. The van der Waals surface area contributed by atoms with Crippen LogP contribution >= 0.6 is 27.5 Å². The molecule has 0 radical (unpaired) electrons. The van der Waals surface area contributed by atoms with Gasteiger partial charge in [0, 0.05) is 5.56 Å². The van der Waals surface area contributed by atoms with E-state index >= 15 is 0 Å². The van der Waals surface area contributed by atoms with Gasteiger partial charge in [0.15, 0.2) is 6.10 Å². The van der Waals surface area contributed by atoms with Crippen molar-refractivity contribution in [1.82, 2.24) is 0 Å². The second-order valence-corrected chi connectivity index (χ2v) is 4.76. The molecule has 1 aromatic carbocycles. The first-order valence-corrected chi connectivity index (χ1v) is 5.99. The van der Waals surface area contributed by atoms with Gasteiger partial charge >= 0.3 is 5.97 Å². The molecule has 0 fully saturated rings. The van der Waals surface area contributed by atoms with Crippen LogP contribution in [0.2, 0.25) is 5.02 Å². The molecular weight excluding hydrogens is 311 g/mol. The summed E-state index contributed by atoms with van der Waals surface area (Å²) < 4.78 is 0. The Labute approximate surface area is 111 Å². The number of carboxylic acid groups (broad SMARTS) is 1. The lowest BCUT2D eigenvalue weighted by Crippen LogP contribution is -2.12. The minimum Gasteiger partial charge on any atom is -0.479 e. The molecular formula is C11H10BrClO4. The number of aliphatic hydroxyl groups excluding tert-OH is 1. The van der Waals surface area contributed by atoms with Crippen molar-refractivity contribution in [1.29, 1.82) is 0 Å². The fourth-order valence-electron chi connectivity index (χ4n) is 1.33. The first kappa shape index (κ1) is 14.2. The quantitative estimate of drug-likeness (QED) is 0.836. The molecule has 0 aliphatic rings. The number of aliphatic carboxylic acids is 1. The molecule has 4 nitrogen and oxygen atoms in total. The van der Waals surface area contributed by atoms with Crippen molar-refractivity contribution in [2.24, 2.45) is 0 Å². The molecule has 0 aliphatic heterocycles. The largest absolute Gasteiger partial charge is 0.479 e. The minimum absolute atomic E-state index is 0.0716. The maximum atomic E-state index is 11.2. The van der Waals surface area contributed by atoms with Crippen LogP contribution in [0.4, 0.5) is 0 Å². The molecule has 0 bridgehead atoms. The Morgan fingerprint density at radius 1 is 1.35 bits per heavy atom. The van der Waals surface area contributed by atoms with E-state index in [1.54, 1.807) is 12.1 Å². The van der Waals surface area contributed by atoms with E-state index in [4.69, 9.17) is 16.7 Å². The number of carbonyl (C=O) groups is 2. The maximum Gasteiger partial charge on any atom is 0.337 e. The van der Waals surface area contributed by atoms with E-state index in [-0.39, 0.29) is 16.4 Å². The number of alkyl halides is 1. The number of rotatable bonds is 4. The highest BCUT2D eigenvalue weighted by atomic mass is 79.9. The van der Waals surface area contributed by atoms with Crippen molar-refractivity contribution in [3.05, 3.63) is 34.3 Å². The van der Waals surface area contributed by atoms with Gasteiger partial charge in [-0.05, 0) is 12.5 Å². The summed E-state index contributed by atoms with van der Waals surface area (Å²) in [5, 5.41) is 18.2. The lowest BCUT2D eigenvalue weighted by atomic mass is 10.0. The number of carbonyl (C=O) groups excluding carboxylic acids is 1. The molecule has 2 atom stereocenters. The summed E-state index contributed by atoms with van der Waals surface area (Å²) in [5.41, 5.74) is 0.513. The Morgan fingerprint density at radius 3 is 2.35 bits per heavy atom. The fraction of sp³-hybridized carbons (Fsp3) is 0.273. The molecule has 2 unspecified atom stereocenters. The molecule has 2 N–H and O–H groups in total. The van der Waals surface area contributed by atoms with Crippen molar-refractivity contribution in [2.45, 2.75) is 17.9 Å². The van der Waals surface area contributed by atoms with Crippen molar-refractivity contribution in [3.63, 3.8) is 0 Å². The third kappa shape index (κ3) is 3.06. The van der Waals surface area contributed by atoms with Gasteiger partial charge in [0.1, 0.15) is 5.78 Å². The number of aliphatic hydroxyl groups is 1. The highest BCUT2D eigenvalue weighted by molar-refractivity contribution is 9.09. The zero-order chi connectivity index (χ0) is 13.2. The Balaban J connectivity index is 3.25. The van der Waals surface area contributed by atoms with E-state index in [1.165, 1.54) is 13.0 Å². The van der Waals surface area contributed by atoms with Crippen LogP contribution in [-0.2, 0) is 9.59 Å². The van der Waals surface area contributed by atoms with Gasteiger partial charge in [-0.1, -0.05) is 45.7 Å². The van der Waals surface area contributed by atoms with Crippen LogP contribution in [0.1, 0.15) is 29.0 Å². The molecule has 6 heteroatoms. The van der Waals surface area contributed by atoms with Gasteiger partial charge in [0.25, 0.3) is 0 Å². The van der Waals surface area contributed by atoms with Crippen LogP contribution in [0.3, 0.4) is 0 Å². The topological polar surface area (TPSA) is 74.6 Å². The SMILES string of the molecule is CC(=O)C(Br)c1cccc(C(O)C(=O)O)c1Cl. The number of ketones is 1. The molecule has 0 amide bonds. The van der Waals surface area contributed by atoms with Gasteiger partial charge in [-0.2, -0.15) is 0 Å². The second-order valence-electron chi connectivity index (χ2n) is 3.46. The Bertz CT molecular complexity index is 423. The van der Waals surface area contributed by atoms with Crippen LogP contribution in [0.15, 0.2) is 18.2 Å². The predicted molar refractivity (Wildman–Crippen MR) is 66.4 cm³/mol. The molecule has 1 aromatic rings. The van der Waals surface area contributed by atoms with E-state index in [1.807, 2.05) is 0 Å². The summed E-state index contributed by atoms with van der Waals surface area (Å²) in [4.78, 5) is 21.3. The smallest absolute Gasteiger partial charge is 0.337 e. The molecule has 0 aliphatic carbocycles. The van der Waals surface area contributed by atoms with Crippen molar-refractivity contribution in [2.75, 3.05) is 0 Å². The third-order valence-electron chi connectivity index (χ3n) is 2.22. The molecule has 92 valence electrons. The summed E-state index contributed by atoms with van der Waals surface area (Å²) in [5.74, 6) is -1.55. The lowest BCUT2D eigenvalue weighted by molar-refractivity contribution is -0.146. The standard InChI is InChI=1S/C11H10BrClO4/c1-5(14)8(12)6-3-2-4-7(9(6)13)10(15)11(16)17/h2-4,8,10,15H,1H3,(H,16,17). The molecule has 0 saturated heterocycles. The Hall–Kier alpha value is -0.910. The van der Waals surface area contributed by atoms with Gasteiger partial charge in [-0.15, -0.1) is 0 Å². The Kier molecular flexibility index (Phi) is 4.68. The van der Waals surface area contributed by atoms with Crippen LogP contribution < -0.4 is 0 Å². The van der Waals surface area contributed by atoms with E-state index in [0.29, 0.717) is 5.56 Å². The van der Waals surface area contributed by atoms with Gasteiger partial charge in [-0.3, -0.25) is 4.79 Å². The number of Topliss-reactive ketones (excluding diaryl/α,β-unsaturated/α-hetero) is 1. The predicted octanol–water partition coefficient (Wildman–Crippen LogP) is 2.48. The van der Waals surface area contributed by atoms with Gasteiger partial charge in [0.2, 0.25) is 0 Å². The zero-order valence-corrected chi connectivity index (χ0v) is 11.2. The lowest BCUT2D eigenvalue weighted by Gasteiger charge is -2.14. The van der Waals surface area contributed by atoms with Crippen molar-refractivity contribution in [3.8, 4) is 0 Å². The van der Waals surface area contributed by atoms with Crippen LogP contribution in [0, 0.1) is 0 Å². The molecule has 0 heterocycles. The summed E-state index contributed by atoms with van der Waals surface area (Å²) in [6.07, 6.45) is -1.70. The molecule has 17 heavy (non-hydrogen) atoms. The zero-order valence-electron chi connectivity index (χ0n) is 8.85. The highest BCUT2D eigenvalue weighted by Gasteiger charge is 2.23. The number of carboxylic acids is 1. The normalized spacial score (nSPS) is 14.1. The number of benzene rings is 1. The highest BCUT2D eigenvalue weighted by Crippen LogP contribution is 2.34. The van der Waals surface area contributed by atoms with E-state index in [9.17, 15) is 14.7 Å². The molecule has 0 saturated carbocycles. The molecule has 1 rings (SSSR count). The third-order valence-corrected chi connectivity index (χ3v) is 3.79. The van der Waals surface area contributed by atoms with Gasteiger partial charge in [-0.25, -0.2) is 4.79 Å². The van der Waals surface area contributed by atoms with Crippen molar-refractivity contribution < 1.29 is 19.8 Å². The van der Waals surface area contributed by atoms with E-state index < -0.39 is 16.9 Å². The monoisotopic (exact) mass is 320 g/mol. The first-order chi connectivity index (χ1) is 7.86. The number of hydrogen-bond acceptors (Lipinski definition) is 3. The first-order valence-electron chi connectivity index (χ1n) is 4.70. The van der Waals surface area contributed by atoms with Crippen LogP contribution in [-0.4, -0.2) is 22.0 Å². The van der Waals surface area contributed by atoms with Gasteiger partial charge < -0.3 is 10.2 Å². The fourth-order valence-corrected chi connectivity index (χ4v) is 2.18. The molecule has 0 aromatic heterocycles. The summed E-state index contributed by atoms with van der Waals surface area (Å²) in [6, 6.07) is 4.55. The van der Waals surface area contributed by atoms with Crippen molar-refractivity contribution >= 4 is 39.3 Å². The molecule has 0 spiro atoms. The number of halogens is 2. The average molecular weight is 322 g/mol. The summed E-state index contributed by atoms with van der Waals surface area (Å²) in [7, 11) is 0. The van der Waals surface area contributed by atoms with Gasteiger partial charge in [0.05, 0.1) is 9.85 Å². The minimum atomic E-state index is -1.70. The summed E-state index contributed by atoms with van der Waals surface area (Å²) >= 11 is 9.14. The second kappa shape index (κ2) is 5.62.